The van der Waals surface area contributed by atoms with Crippen LogP contribution in [0.2, 0.25) is 10.0 Å². The highest BCUT2D eigenvalue weighted by molar-refractivity contribution is 8.00. The lowest BCUT2D eigenvalue weighted by molar-refractivity contribution is -0.114. The van der Waals surface area contributed by atoms with Gasteiger partial charge in [-0.05, 0) is 66.2 Å². The van der Waals surface area contributed by atoms with Crippen molar-refractivity contribution < 1.29 is 19.1 Å². The molecule has 1 aromatic heterocycles. The zero-order valence-electron chi connectivity index (χ0n) is 24.3. The number of anilines is 2. The van der Waals surface area contributed by atoms with Crippen LogP contribution in [-0.4, -0.2) is 35.6 Å². The summed E-state index contributed by atoms with van der Waals surface area (Å²) < 4.78 is 5.41. The number of rotatable bonds is 11. The molecule has 4 aromatic carbocycles. The second kappa shape index (κ2) is 15.6. The van der Waals surface area contributed by atoms with Crippen molar-refractivity contribution >= 4 is 80.9 Å². The number of nitrogens with zero attached hydrogens (tertiary/aromatic N) is 1. The summed E-state index contributed by atoms with van der Waals surface area (Å²) in [6, 6.07) is 28.1. The third kappa shape index (κ3) is 8.55. The van der Waals surface area contributed by atoms with E-state index in [4.69, 9.17) is 27.9 Å². The number of thioether (sulfide) groups is 1. The highest BCUT2D eigenvalue weighted by atomic mass is 35.5. The van der Waals surface area contributed by atoms with E-state index < -0.39 is 11.8 Å². The Morgan fingerprint density at radius 2 is 1.63 bits per heavy atom. The lowest BCUT2D eigenvalue weighted by Gasteiger charge is -2.12. The average molecular weight is 690 g/mol. The van der Waals surface area contributed by atoms with Gasteiger partial charge in [-0.3, -0.25) is 14.4 Å². The minimum atomic E-state index is -0.559. The van der Waals surface area contributed by atoms with Crippen LogP contribution in [0.15, 0.2) is 113 Å². The van der Waals surface area contributed by atoms with E-state index in [0.29, 0.717) is 32.7 Å². The van der Waals surface area contributed by atoms with Crippen molar-refractivity contribution in [2.75, 3.05) is 23.5 Å². The van der Waals surface area contributed by atoms with Gasteiger partial charge in [0.2, 0.25) is 5.91 Å². The number of methoxy groups -OCH3 is 1. The number of hydrogen-bond donors (Lipinski definition) is 3. The topological polar surface area (TPSA) is 109 Å². The number of amides is 3. The first kappa shape index (κ1) is 32.8. The molecule has 0 aliphatic heterocycles. The highest BCUT2D eigenvalue weighted by Gasteiger charge is 2.17. The Labute approximate surface area is 283 Å². The SMILES string of the molecule is COc1ccccc1-c1csc(NC(=O)CSc2ccc(NC(=O)/C(=C/c3cccc(Cl)c3Cl)NC(=O)c3ccccc3)cc2)n1. The lowest BCUT2D eigenvalue weighted by Crippen LogP contribution is -2.30. The number of hydrogen-bond acceptors (Lipinski definition) is 7. The Balaban J connectivity index is 1.20. The highest BCUT2D eigenvalue weighted by Crippen LogP contribution is 2.32. The number of benzene rings is 4. The minimum Gasteiger partial charge on any atom is -0.496 e. The summed E-state index contributed by atoms with van der Waals surface area (Å²) in [6.45, 7) is 0. The van der Waals surface area contributed by atoms with Crippen LogP contribution in [0.1, 0.15) is 15.9 Å². The van der Waals surface area contributed by atoms with Crippen LogP contribution < -0.4 is 20.7 Å². The standard InChI is InChI=1S/C34H26Cl2N4O4S2/c1-44-29-13-6-5-11-25(29)28-19-46-34(39-28)40-30(41)20-45-24-16-14-23(15-17-24)37-33(43)27(18-22-10-7-12-26(35)31(22)36)38-32(42)21-8-3-2-4-9-21/h2-19H,20H2,1H3,(H,37,43)(H,38,42)(H,39,40,41)/b27-18-. The van der Waals surface area contributed by atoms with Gasteiger partial charge < -0.3 is 20.7 Å². The molecule has 232 valence electrons. The lowest BCUT2D eigenvalue weighted by atomic mass is 10.1. The van der Waals surface area contributed by atoms with E-state index in [9.17, 15) is 14.4 Å². The summed E-state index contributed by atoms with van der Waals surface area (Å²) in [7, 11) is 1.60. The van der Waals surface area contributed by atoms with Crippen LogP contribution in [0.25, 0.3) is 17.3 Å². The molecule has 3 amide bonds. The molecule has 0 saturated heterocycles. The first-order chi connectivity index (χ1) is 22.3. The molecule has 8 nitrogen and oxygen atoms in total. The van der Waals surface area contributed by atoms with Crippen LogP contribution in [0.3, 0.4) is 0 Å². The number of thiazole rings is 1. The molecule has 0 aliphatic rings. The van der Waals surface area contributed by atoms with Gasteiger partial charge in [0, 0.05) is 27.1 Å². The van der Waals surface area contributed by atoms with Gasteiger partial charge in [0.15, 0.2) is 5.13 Å². The average Bonchev–Trinajstić information content (AvgIpc) is 3.54. The largest absolute Gasteiger partial charge is 0.496 e. The van der Waals surface area contributed by atoms with Crippen molar-refractivity contribution in [3.05, 3.63) is 129 Å². The number of para-hydroxylation sites is 1. The normalized spacial score (nSPS) is 11.1. The van der Waals surface area contributed by atoms with Gasteiger partial charge in [-0.15, -0.1) is 23.1 Å². The quantitative estimate of drug-likeness (QED) is 0.0952. The van der Waals surface area contributed by atoms with E-state index in [1.807, 2.05) is 29.6 Å². The Morgan fingerprint density at radius 1 is 0.891 bits per heavy atom. The molecule has 0 atom stereocenters. The van der Waals surface area contributed by atoms with Crippen LogP contribution in [0.4, 0.5) is 10.8 Å². The maximum absolute atomic E-state index is 13.3. The summed E-state index contributed by atoms with van der Waals surface area (Å²) in [4.78, 5) is 44.2. The van der Waals surface area contributed by atoms with Gasteiger partial charge in [0.25, 0.3) is 11.8 Å². The maximum Gasteiger partial charge on any atom is 0.272 e. The molecule has 0 radical (unpaired) electrons. The van der Waals surface area contributed by atoms with Gasteiger partial charge in [-0.2, -0.15) is 0 Å². The van der Waals surface area contributed by atoms with Crippen molar-refractivity contribution in [2.24, 2.45) is 0 Å². The third-order valence-electron chi connectivity index (χ3n) is 6.43. The maximum atomic E-state index is 13.3. The number of aromatic nitrogens is 1. The summed E-state index contributed by atoms with van der Waals surface area (Å²) in [5.41, 5.74) is 2.88. The Morgan fingerprint density at radius 3 is 2.39 bits per heavy atom. The van der Waals surface area contributed by atoms with Gasteiger partial charge in [0.05, 0.1) is 28.6 Å². The molecule has 0 bridgehead atoms. The fraction of sp³-hybridized carbons (Fsp3) is 0.0588. The second-order valence-corrected chi connectivity index (χ2v) is 12.3. The van der Waals surface area contributed by atoms with Crippen molar-refractivity contribution in [3.63, 3.8) is 0 Å². The minimum absolute atomic E-state index is 0.0239. The zero-order chi connectivity index (χ0) is 32.5. The Bertz CT molecular complexity index is 1900. The summed E-state index contributed by atoms with van der Waals surface area (Å²) >= 11 is 15.2. The summed E-state index contributed by atoms with van der Waals surface area (Å²) in [6.07, 6.45) is 1.47. The van der Waals surface area contributed by atoms with Crippen molar-refractivity contribution in [1.82, 2.24) is 10.3 Å². The Hall–Kier alpha value is -4.61. The van der Waals surface area contributed by atoms with E-state index in [1.54, 1.807) is 79.9 Å². The molecule has 46 heavy (non-hydrogen) atoms. The van der Waals surface area contributed by atoms with E-state index in [0.717, 1.165) is 16.2 Å². The summed E-state index contributed by atoms with van der Waals surface area (Å²) in [5, 5.41) is 11.2. The van der Waals surface area contributed by atoms with Crippen LogP contribution in [0, 0.1) is 0 Å². The summed E-state index contributed by atoms with van der Waals surface area (Å²) in [5.74, 6) is -0.355. The van der Waals surface area contributed by atoms with Crippen molar-refractivity contribution in [3.8, 4) is 17.0 Å². The smallest absolute Gasteiger partial charge is 0.272 e. The fourth-order valence-corrected chi connectivity index (χ4v) is 5.97. The van der Waals surface area contributed by atoms with Crippen LogP contribution in [-0.2, 0) is 9.59 Å². The Kier molecular flexibility index (Phi) is 11.1. The molecule has 0 fully saturated rings. The van der Waals surface area contributed by atoms with Gasteiger partial charge in [-0.1, -0.05) is 65.7 Å². The second-order valence-electron chi connectivity index (χ2n) is 9.57. The fourth-order valence-electron chi connectivity index (χ4n) is 4.18. The third-order valence-corrected chi connectivity index (χ3v) is 9.03. The zero-order valence-corrected chi connectivity index (χ0v) is 27.4. The first-order valence-corrected chi connectivity index (χ1v) is 16.4. The molecule has 0 saturated carbocycles. The molecule has 12 heteroatoms. The van der Waals surface area contributed by atoms with Gasteiger partial charge in [-0.25, -0.2) is 4.98 Å². The monoisotopic (exact) mass is 688 g/mol. The molecule has 5 aromatic rings. The van der Waals surface area contributed by atoms with E-state index in [1.165, 1.54) is 29.2 Å². The number of ether oxygens (including phenoxy) is 1. The van der Waals surface area contributed by atoms with E-state index in [-0.39, 0.29) is 22.4 Å². The van der Waals surface area contributed by atoms with E-state index in [2.05, 4.69) is 20.9 Å². The van der Waals surface area contributed by atoms with Crippen LogP contribution >= 0.6 is 46.3 Å². The van der Waals surface area contributed by atoms with Crippen molar-refractivity contribution in [2.45, 2.75) is 4.90 Å². The van der Waals surface area contributed by atoms with Crippen LogP contribution in [0.5, 0.6) is 5.75 Å². The van der Waals surface area contributed by atoms with E-state index >= 15 is 0 Å². The predicted molar refractivity (Wildman–Crippen MR) is 187 cm³/mol. The van der Waals surface area contributed by atoms with Gasteiger partial charge >= 0.3 is 0 Å². The number of nitrogens with one attached hydrogen (secondary N) is 3. The number of carbonyl (C=O) groups excluding carboxylic acids is 3. The first-order valence-electron chi connectivity index (χ1n) is 13.8. The molecule has 0 aliphatic carbocycles. The van der Waals surface area contributed by atoms with Crippen molar-refractivity contribution in [1.29, 1.82) is 0 Å². The molecule has 5 rings (SSSR count). The predicted octanol–water partition coefficient (Wildman–Crippen LogP) is 8.27. The molecule has 0 spiro atoms. The van der Waals surface area contributed by atoms with Gasteiger partial charge in [0.1, 0.15) is 11.4 Å². The molecule has 1 heterocycles. The number of carbonyl (C=O) groups is 3. The molecular weight excluding hydrogens is 663 g/mol. The molecule has 3 N–H and O–H groups in total. The molecular formula is C34H26Cl2N4O4S2. The number of halogens is 2. The molecule has 0 unspecified atom stereocenters.